The van der Waals surface area contributed by atoms with E-state index in [2.05, 4.69) is 15.3 Å². The highest BCUT2D eigenvalue weighted by molar-refractivity contribution is 5.78. The molecule has 0 fully saturated rings. The van der Waals surface area contributed by atoms with Crippen LogP contribution in [-0.4, -0.2) is 29.1 Å². The first kappa shape index (κ1) is 14.2. The standard InChI is InChI=1S/C12H20N4O2/c1-7(2)5-9(12(17)18-4)16-11-6-10(13)14-8(3)15-11/h6-7,9H,5H2,1-4H3,(H3,13,14,15,16). The van der Waals surface area contributed by atoms with E-state index in [-0.39, 0.29) is 5.97 Å². The number of nitrogen functional groups attached to an aromatic ring is 1. The summed E-state index contributed by atoms with van der Waals surface area (Å²) in [6.07, 6.45) is 0.662. The molecule has 0 amide bonds. The summed E-state index contributed by atoms with van der Waals surface area (Å²) in [5, 5.41) is 3.04. The van der Waals surface area contributed by atoms with Crippen LogP contribution in [0.2, 0.25) is 0 Å². The van der Waals surface area contributed by atoms with E-state index < -0.39 is 6.04 Å². The van der Waals surface area contributed by atoms with Gasteiger partial charge >= 0.3 is 5.97 Å². The minimum atomic E-state index is -0.427. The maximum atomic E-state index is 11.7. The highest BCUT2D eigenvalue weighted by atomic mass is 16.5. The van der Waals surface area contributed by atoms with Crippen LogP contribution in [0, 0.1) is 12.8 Å². The molecule has 1 unspecified atom stereocenters. The smallest absolute Gasteiger partial charge is 0.328 e. The zero-order chi connectivity index (χ0) is 13.7. The summed E-state index contributed by atoms with van der Waals surface area (Å²) in [5.41, 5.74) is 5.64. The van der Waals surface area contributed by atoms with Crippen LogP contribution in [0.3, 0.4) is 0 Å². The lowest BCUT2D eigenvalue weighted by atomic mass is 10.0. The van der Waals surface area contributed by atoms with Crippen LogP contribution in [0.4, 0.5) is 11.6 Å². The van der Waals surface area contributed by atoms with Crippen molar-refractivity contribution in [3.8, 4) is 0 Å². The van der Waals surface area contributed by atoms with Crippen molar-refractivity contribution in [2.45, 2.75) is 33.2 Å². The Morgan fingerprint density at radius 3 is 2.67 bits per heavy atom. The Morgan fingerprint density at radius 2 is 2.17 bits per heavy atom. The van der Waals surface area contributed by atoms with E-state index in [0.29, 0.717) is 29.8 Å². The van der Waals surface area contributed by atoms with Gasteiger partial charge in [-0.25, -0.2) is 14.8 Å². The average molecular weight is 252 g/mol. The Morgan fingerprint density at radius 1 is 1.50 bits per heavy atom. The van der Waals surface area contributed by atoms with Crippen molar-refractivity contribution in [2.75, 3.05) is 18.2 Å². The maximum absolute atomic E-state index is 11.7. The molecule has 6 heteroatoms. The number of esters is 1. The zero-order valence-corrected chi connectivity index (χ0v) is 11.2. The van der Waals surface area contributed by atoms with Crippen molar-refractivity contribution in [1.29, 1.82) is 0 Å². The predicted molar refractivity (Wildman–Crippen MR) is 70.1 cm³/mol. The van der Waals surface area contributed by atoms with Crippen molar-refractivity contribution >= 4 is 17.6 Å². The molecule has 1 aromatic rings. The number of hydrogen-bond donors (Lipinski definition) is 2. The Balaban J connectivity index is 2.84. The van der Waals surface area contributed by atoms with E-state index >= 15 is 0 Å². The average Bonchev–Trinajstić information content (AvgIpc) is 2.25. The molecule has 0 aliphatic heterocycles. The van der Waals surface area contributed by atoms with Gasteiger partial charge in [-0.05, 0) is 19.3 Å². The lowest BCUT2D eigenvalue weighted by Crippen LogP contribution is -2.32. The summed E-state index contributed by atoms with van der Waals surface area (Å²) >= 11 is 0. The van der Waals surface area contributed by atoms with Gasteiger partial charge < -0.3 is 15.8 Å². The van der Waals surface area contributed by atoms with Crippen LogP contribution in [0.1, 0.15) is 26.1 Å². The first-order valence-electron chi connectivity index (χ1n) is 5.88. The third kappa shape index (κ3) is 4.20. The molecule has 0 radical (unpaired) electrons. The number of carbonyl (C=O) groups is 1. The van der Waals surface area contributed by atoms with Crippen molar-refractivity contribution in [2.24, 2.45) is 5.92 Å². The number of aromatic nitrogens is 2. The number of nitrogens with two attached hydrogens (primary N) is 1. The molecule has 0 saturated carbocycles. The molecule has 6 nitrogen and oxygen atoms in total. The Hall–Kier alpha value is -1.85. The molecule has 1 rings (SSSR count). The van der Waals surface area contributed by atoms with Gasteiger partial charge in [0.1, 0.15) is 23.5 Å². The molecular weight excluding hydrogens is 232 g/mol. The number of hydrogen-bond acceptors (Lipinski definition) is 6. The third-order valence-corrected chi connectivity index (χ3v) is 2.37. The third-order valence-electron chi connectivity index (χ3n) is 2.37. The first-order chi connectivity index (χ1) is 8.42. The summed E-state index contributed by atoms with van der Waals surface area (Å²) in [6.45, 7) is 5.82. The number of carbonyl (C=O) groups excluding carboxylic acids is 1. The van der Waals surface area contributed by atoms with Crippen molar-refractivity contribution in [3.05, 3.63) is 11.9 Å². The van der Waals surface area contributed by atoms with Crippen LogP contribution in [0.5, 0.6) is 0 Å². The van der Waals surface area contributed by atoms with Crippen LogP contribution in [-0.2, 0) is 9.53 Å². The fourth-order valence-corrected chi connectivity index (χ4v) is 1.67. The summed E-state index contributed by atoms with van der Waals surface area (Å²) < 4.78 is 4.77. The van der Waals surface area contributed by atoms with E-state index in [1.165, 1.54) is 7.11 Å². The van der Waals surface area contributed by atoms with Crippen LogP contribution in [0.25, 0.3) is 0 Å². The Bertz CT molecular complexity index is 400. The normalized spacial score (nSPS) is 12.3. The number of rotatable bonds is 5. The number of nitrogens with one attached hydrogen (secondary N) is 1. The molecule has 100 valence electrons. The van der Waals surface area contributed by atoms with Gasteiger partial charge in [0.2, 0.25) is 0 Å². The minimum Gasteiger partial charge on any atom is -0.467 e. The molecule has 0 spiro atoms. The van der Waals surface area contributed by atoms with Gasteiger partial charge in [0.05, 0.1) is 7.11 Å². The minimum absolute atomic E-state index is 0.307. The number of nitrogens with zero attached hydrogens (tertiary/aromatic N) is 2. The molecule has 1 heterocycles. The van der Waals surface area contributed by atoms with E-state index in [9.17, 15) is 4.79 Å². The molecule has 0 aliphatic carbocycles. The summed E-state index contributed by atoms with van der Waals surface area (Å²) in [6, 6.07) is 1.17. The van der Waals surface area contributed by atoms with Gasteiger partial charge in [-0.3, -0.25) is 0 Å². The van der Waals surface area contributed by atoms with Gasteiger partial charge in [-0.15, -0.1) is 0 Å². The van der Waals surface area contributed by atoms with Crippen LogP contribution >= 0.6 is 0 Å². The second kappa shape index (κ2) is 6.18. The number of ether oxygens (including phenoxy) is 1. The maximum Gasteiger partial charge on any atom is 0.328 e. The second-order valence-corrected chi connectivity index (χ2v) is 4.57. The van der Waals surface area contributed by atoms with E-state index in [1.807, 2.05) is 13.8 Å². The van der Waals surface area contributed by atoms with E-state index in [4.69, 9.17) is 10.5 Å². The summed E-state index contributed by atoms with van der Waals surface area (Å²) in [5.74, 6) is 1.53. The van der Waals surface area contributed by atoms with Crippen molar-refractivity contribution in [3.63, 3.8) is 0 Å². The van der Waals surface area contributed by atoms with Crippen molar-refractivity contribution in [1.82, 2.24) is 9.97 Å². The lowest BCUT2D eigenvalue weighted by molar-refractivity contribution is -0.141. The monoisotopic (exact) mass is 252 g/mol. The molecule has 0 aromatic carbocycles. The molecule has 1 atom stereocenters. The summed E-state index contributed by atoms with van der Waals surface area (Å²) in [7, 11) is 1.37. The van der Waals surface area contributed by atoms with Gasteiger partial charge in [0, 0.05) is 6.07 Å². The first-order valence-corrected chi connectivity index (χ1v) is 5.88. The number of methoxy groups -OCH3 is 1. The molecule has 0 aliphatic rings. The number of anilines is 2. The van der Waals surface area contributed by atoms with Crippen molar-refractivity contribution < 1.29 is 9.53 Å². The molecule has 1 aromatic heterocycles. The highest BCUT2D eigenvalue weighted by Gasteiger charge is 2.20. The van der Waals surface area contributed by atoms with Crippen LogP contribution < -0.4 is 11.1 Å². The molecule has 18 heavy (non-hydrogen) atoms. The van der Waals surface area contributed by atoms with E-state index in [0.717, 1.165) is 0 Å². The lowest BCUT2D eigenvalue weighted by Gasteiger charge is -2.19. The van der Waals surface area contributed by atoms with Crippen LogP contribution in [0.15, 0.2) is 6.07 Å². The fourth-order valence-electron chi connectivity index (χ4n) is 1.67. The SMILES string of the molecule is COC(=O)C(CC(C)C)Nc1cc(N)nc(C)n1. The molecular formula is C12H20N4O2. The molecule has 0 bridgehead atoms. The number of aryl methyl sites for hydroxylation is 1. The Labute approximate surface area is 107 Å². The quantitative estimate of drug-likeness (QED) is 0.769. The van der Waals surface area contributed by atoms with Gasteiger partial charge in [-0.2, -0.15) is 0 Å². The largest absolute Gasteiger partial charge is 0.467 e. The second-order valence-electron chi connectivity index (χ2n) is 4.57. The Kier molecular flexibility index (Phi) is 4.88. The molecule has 3 N–H and O–H groups in total. The molecule has 0 saturated heterocycles. The van der Waals surface area contributed by atoms with Gasteiger partial charge in [0.25, 0.3) is 0 Å². The zero-order valence-electron chi connectivity index (χ0n) is 11.2. The van der Waals surface area contributed by atoms with Gasteiger partial charge in [-0.1, -0.05) is 13.8 Å². The fraction of sp³-hybridized carbons (Fsp3) is 0.583. The highest BCUT2D eigenvalue weighted by Crippen LogP contribution is 2.14. The van der Waals surface area contributed by atoms with Gasteiger partial charge in [0.15, 0.2) is 0 Å². The topological polar surface area (TPSA) is 90.1 Å². The van der Waals surface area contributed by atoms with E-state index in [1.54, 1.807) is 13.0 Å². The predicted octanol–water partition coefficient (Wildman–Crippen LogP) is 1.37. The summed E-state index contributed by atoms with van der Waals surface area (Å²) in [4.78, 5) is 19.8.